The van der Waals surface area contributed by atoms with Crippen LogP contribution in [0.15, 0.2) is 18.2 Å². The van der Waals surface area contributed by atoms with Gasteiger partial charge in [0, 0.05) is 18.2 Å². The summed E-state index contributed by atoms with van der Waals surface area (Å²) in [5.41, 5.74) is 2.74. The molecule has 0 amide bonds. The van der Waals surface area contributed by atoms with Gasteiger partial charge >= 0.3 is 5.97 Å². The Morgan fingerprint density at radius 3 is 1.83 bits per heavy atom. The van der Waals surface area contributed by atoms with Crippen LogP contribution in [-0.2, 0) is 0 Å². The van der Waals surface area contributed by atoms with Gasteiger partial charge in [-0.05, 0) is 30.2 Å². The smallest absolute Gasteiger partial charge is 0.335 e. The standard InChI is InChI=1S/C27H45NO2/c1-2-3-4-5-6-7-8-9-10-11-12-13-14-15-16-17-18-24-22-28-26-20-19-23(27(29)30)21-25(24)26/h19-21,24,28H,2-18,22H2,1H3,(H,29,30). The normalized spacial score (nSPS) is 15.2. The van der Waals surface area contributed by atoms with Crippen molar-refractivity contribution in [2.75, 3.05) is 11.9 Å². The van der Waals surface area contributed by atoms with E-state index in [4.69, 9.17) is 0 Å². The van der Waals surface area contributed by atoms with E-state index in [9.17, 15) is 9.90 Å². The summed E-state index contributed by atoms with van der Waals surface area (Å²) in [5.74, 6) is -0.350. The number of aromatic carboxylic acids is 1. The summed E-state index contributed by atoms with van der Waals surface area (Å²) in [6.45, 7) is 3.24. The van der Waals surface area contributed by atoms with Crippen molar-refractivity contribution in [1.82, 2.24) is 0 Å². The van der Waals surface area contributed by atoms with Crippen molar-refractivity contribution < 1.29 is 9.90 Å². The van der Waals surface area contributed by atoms with Crippen molar-refractivity contribution in [3.8, 4) is 0 Å². The van der Waals surface area contributed by atoms with Crippen LogP contribution < -0.4 is 5.32 Å². The zero-order valence-corrected chi connectivity index (χ0v) is 19.4. The molecule has 1 atom stereocenters. The molecule has 1 aromatic rings. The molecule has 0 saturated carbocycles. The predicted molar refractivity (Wildman–Crippen MR) is 129 cm³/mol. The molecule has 170 valence electrons. The van der Waals surface area contributed by atoms with Crippen molar-refractivity contribution in [2.24, 2.45) is 0 Å². The first kappa shape index (κ1) is 24.8. The Bertz CT molecular complexity index is 599. The molecule has 1 aromatic carbocycles. The molecular weight excluding hydrogens is 370 g/mol. The second-order valence-corrected chi connectivity index (χ2v) is 9.28. The van der Waals surface area contributed by atoms with E-state index in [0.29, 0.717) is 11.5 Å². The van der Waals surface area contributed by atoms with Gasteiger partial charge in [-0.15, -0.1) is 0 Å². The van der Waals surface area contributed by atoms with Gasteiger partial charge in [-0.1, -0.05) is 110 Å². The average Bonchev–Trinajstić information content (AvgIpc) is 3.15. The van der Waals surface area contributed by atoms with Gasteiger partial charge in [0.2, 0.25) is 0 Å². The van der Waals surface area contributed by atoms with E-state index < -0.39 is 5.97 Å². The zero-order valence-electron chi connectivity index (χ0n) is 19.4. The molecule has 0 aliphatic carbocycles. The van der Waals surface area contributed by atoms with Gasteiger partial charge in [0.15, 0.2) is 0 Å². The van der Waals surface area contributed by atoms with Gasteiger partial charge in [-0.25, -0.2) is 4.79 Å². The molecular formula is C27H45NO2. The predicted octanol–water partition coefficient (Wildman–Crippen LogP) is 8.55. The lowest BCUT2D eigenvalue weighted by Crippen LogP contribution is -2.02. The summed E-state index contributed by atoms with van der Waals surface area (Å²) >= 11 is 0. The molecule has 3 nitrogen and oxygen atoms in total. The van der Waals surface area contributed by atoms with Crippen molar-refractivity contribution in [3.63, 3.8) is 0 Å². The Morgan fingerprint density at radius 1 is 0.833 bits per heavy atom. The zero-order chi connectivity index (χ0) is 21.4. The molecule has 30 heavy (non-hydrogen) atoms. The van der Waals surface area contributed by atoms with E-state index in [2.05, 4.69) is 12.2 Å². The molecule has 0 bridgehead atoms. The second kappa shape index (κ2) is 15.3. The molecule has 1 aliphatic rings. The first-order valence-electron chi connectivity index (χ1n) is 12.8. The van der Waals surface area contributed by atoms with Crippen LogP contribution in [-0.4, -0.2) is 17.6 Å². The molecule has 0 radical (unpaired) electrons. The van der Waals surface area contributed by atoms with Crippen molar-refractivity contribution in [2.45, 2.75) is 122 Å². The number of carboxylic acids is 1. The van der Waals surface area contributed by atoms with Crippen LogP contribution in [0.4, 0.5) is 5.69 Å². The highest BCUT2D eigenvalue weighted by Crippen LogP contribution is 2.35. The summed E-state index contributed by atoms with van der Waals surface area (Å²) in [4.78, 5) is 11.2. The summed E-state index contributed by atoms with van der Waals surface area (Å²) in [6.07, 6.45) is 23.5. The number of fused-ring (bicyclic) bond motifs is 1. The van der Waals surface area contributed by atoms with Crippen LogP contribution in [0.2, 0.25) is 0 Å². The molecule has 2 rings (SSSR count). The van der Waals surface area contributed by atoms with Gasteiger partial charge in [0.05, 0.1) is 5.56 Å². The number of hydrogen-bond donors (Lipinski definition) is 2. The topological polar surface area (TPSA) is 49.3 Å². The third-order valence-electron chi connectivity index (χ3n) is 6.68. The first-order chi connectivity index (χ1) is 14.7. The third-order valence-corrected chi connectivity index (χ3v) is 6.68. The van der Waals surface area contributed by atoms with E-state index in [0.717, 1.165) is 12.2 Å². The highest BCUT2D eigenvalue weighted by Gasteiger charge is 2.22. The molecule has 3 heteroatoms. The van der Waals surface area contributed by atoms with E-state index in [1.54, 1.807) is 6.07 Å². The second-order valence-electron chi connectivity index (χ2n) is 9.28. The quantitative estimate of drug-likeness (QED) is 0.236. The molecule has 0 spiro atoms. The molecule has 0 aromatic heterocycles. The largest absolute Gasteiger partial charge is 0.478 e. The molecule has 1 aliphatic heterocycles. The highest BCUT2D eigenvalue weighted by molar-refractivity contribution is 5.88. The van der Waals surface area contributed by atoms with Gasteiger partial charge in [0.1, 0.15) is 0 Å². The number of unbranched alkanes of at least 4 members (excludes halogenated alkanes) is 15. The average molecular weight is 416 g/mol. The fourth-order valence-corrected chi connectivity index (χ4v) is 4.73. The Labute approximate surface area is 185 Å². The maximum atomic E-state index is 11.2. The van der Waals surface area contributed by atoms with Crippen molar-refractivity contribution in [3.05, 3.63) is 29.3 Å². The van der Waals surface area contributed by atoms with Crippen molar-refractivity contribution >= 4 is 11.7 Å². The molecule has 0 saturated heterocycles. The number of carboxylic acid groups (broad SMARTS) is 1. The van der Waals surface area contributed by atoms with Gasteiger partial charge < -0.3 is 10.4 Å². The van der Waals surface area contributed by atoms with Crippen LogP contribution in [0, 0.1) is 0 Å². The van der Waals surface area contributed by atoms with E-state index in [-0.39, 0.29) is 0 Å². The molecule has 2 N–H and O–H groups in total. The molecule has 0 fully saturated rings. The van der Waals surface area contributed by atoms with Gasteiger partial charge in [-0.2, -0.15) is 0 Å². The SMILES string of the molecule is CCCCCCCCCCCCCCCCCCC1CNc2ccc(C(=O)O)cc21. The van der Waals surface area contributed by atoms with E-state index in [1.165, 1.54) is 115 Å². The summed E-state index contributed by atoms with van der Waals surface area (Å²) < 4.78 is 0. The number of anilines is 1. The number of benzene rings is 1. The van der Waals surface area contributed by atoms with Crippen molar-refractivity contribution in [1.29, 1.82) is 0 Å². The molecule has 1 unspecified atom stereocenters. The number of nitrogens with one attached hydrogen (secondary N) is 1. The minimum atomic E-state index is -0.828. The number of hydrogen-bond acceptors (Lipinski definition) is 2. The lowest BCUT2D eigenvalue weighted by atomic mass is 9.93. The van der Waals surface area contributed by atoms with E-state index in [1.807, 2.05) is 12.1 Å². The summed E-state index contributed by atoms with van der Waals surface area (Å²) in [6, 6.07) is 5.49. The Kier molecular flexibility index (Phi) is 12.6. The Morgan fingerprint density at radius 2 is 1.33 bits per heavy atom. The van der Waals surface area contributed by atoms with Crippen LogP contribution in [0.25, 0.3) is 0 Å². The Hall–Kier alpha value is -1.51. The number of rotatable bonds is 18. The minimum Gasteiger partial charge on any atom is -0.478 e. The molecule has 1 heterocycles. The Balaban J connectivity index is 1.40. The monoisotopic (exact) mass is 415 g/mol. The fourth-order valence-electron chi connectivity index (χ4n) is 4.73. The maximum Gasteiger partial charge on any atom is 0.335 e. The van der Waals surface area contributed by atoms with Crippen LogP contribution >= 0.6 is 0 Å². The van der Waals surface area contributed by atoms with E-state index >= 15 is 0 Å². The van der Waals surface area contributed by atoms with Crippen LogP contribution in [0.1, 0.15) is 138 Å². The third kappa shape index (κ3) is 9.53. The maximum absolute atomic E-state index is 11.2. The summed E-state index contributed by atoms with van der Waals surface area (Å²) in [5, 5.41) is 12.6. The fraction of sp³-hybridized carbons (Fsp3) is 0.741. The van der Waals surface area contributed by atoms with Gasteiger partial charge in [-0.3, -0.25) is 0 Å². The van der Waals surface area contributed by atoms with Crippen LogP contribution in [0.5, 0.6) is 0 Å². The number of carbonyl (C=O) groups is 1. The highest BCUT2D eigenvalue weighted by atomic mass is 16.4. The summed E-state index contributed by atoms with van der Waals surface area (Å²) in [7, 11) is 0. The lowest BCUT2D eigenvalue weighted by Gasteiger charge is -2.10. The first-order valence-corrected chi connectivity index (χ1v) is 12.8. The minimum absolute atomic E-state index is 0.412. The lowest BCUT2D eigenvalue weighted by molar-refractivity contribution is 0.0697. The van der Waals surface area contributed by atoms with Gasteiger partial charge in [0.25, 0.3) is 0 Å². The van der Waals surface area contributed by atoms with Crippen LogP contribution in [0.3, 0.4) is 0 Å².